The molecule has 2 fully saturated rings. The average molecular weight is 376 g/mol. The van der Waals surface area contributed by atoms with Crippen LogP contribution >= 0.6 is 0 Å². The second-order valence-electron chi connectivity index (χ2n) is 7.25. The number of piperidine rings is 1. The summed E-state index contributed by atoms with van der Waals surface area (Å²) in [5.74, 6) is 0.233. The van der Waals surface area contributed by atoms with Crippen LogP contribution in [-0.2, 0) is 19.4 Å². The molecular formula is C19H24N2O4S. The molecule has 0 N–H and O–H groups in total. The number of morpholine rings is 1. The minimum absolute atomic E-state index is 0.0462. The summed E-state index contributed by atoms with van der Waals surface area (Å²) in [4.78, 5) is 17.1. The number of nitrogens with zero attached hydrogens (tertiary/aromatic N) is 2. The fourth-order valence-corrected chi connectivity index (χ4v) is 5.71. The second-order valence-corrected chi connectivity index (χ2v) is 9.11. The molecule has 1 amide bonds. The van der Waals surface area contributed by atoms with Crippen molar-refractivity contribution < 1.29 is 17.9 Å². The Labute approximate surface area is 154 Å². The molecule has 1 aromatic rings. The minimum Gasteiger partial charge on any atom is -0.378 e. The third-order valence-corrected chi connectivity index (χ3v) is 7.35. The van der Waals surface area contributed by atoms with Crippen molar-refractivity contribution in [2.24, 2.45) is 5.92 Å². The number of carbonyl (C=O) groups excluding carboxylic acids is 1. The molecule has 6 nitrogen and oxygen atoms in total. The normalized spacial score (nSPS) is 23.3. The highest BCUT2D eigenvalue weighted by atomic mass is 32.2. The lowest BCUT2D eigenvalue weighted by molar-refractivity contribution is -0.130. The molecule has 0 radical (unpaired) electrons. The molecule has 1 aromatic carbocycles. The number of fused-ring (bicyclic) bond motifs is 1. The highest BCUT2D eigenvalue weighted by molar-refractivity contribution is 7.97. The average Bonchev–Trinajstić information content (AvgIpc) is 2.90. The number of rotatable bonds is 2. The van der Waals surface area contributed by atoms with E-state index in [0.29, 0.717) is 43.5 Å². The van der Waals surface area contributed by atoms with Gasteiger partial charge < -0.3 is 14.5 Å². The standard InChI is InChI=1S/C19H24N2O4S/c1-14-6-8-20(9-7-14)17-15-4-2-3-5-16(15)26(23,24)18(17)19(22)21-10-12-25-13-11-21/h2-5,14H,6-13H2,1H3. The number of amides is 1. The summed E-state index contributed by atoms with van der Waals surface area (Å²) in [5.41, 5.74) is 1.27. The number of hydrogen-bond donors (Lipinski definition) is 0. The maximum atomic E-state index is 13.2. The van der Waals surface area contributed by atoms with Crippen LogP contribution < -0.4 is 0 Å². The maximum Gasteiger partial charge on any atom is 0.268 e. The van der Waals surface area contributed by atoms with E-state index in [2.05, 4.69) is 11.8 Å². The second kappa shape index (κ2) is 6.70. The van der Waals surface area contributed by atoms with Crippen LogP contribution in [0.4, 0.5) is 0 Å². The molecule has 26 heavy (non-hydrogen) atoms. The van der Waals surface area contributed by atoms with Crippen molar-refractivity contribution >= 4 is 21.4 Å². The summed E-state index contributed by atoms with van der Waals surface area (Å²) in [7, 11) is -3.80. The molecule has 3 heterocycles. The Morgan fingerprint density at radius 1 is 1.08 bits per heavy atom. The lowest BCUT2D eigenvalue weighted by atomic mass is 9.97. The molecule has 0 aromatic heterocycles. The Morgan fingerprint density at radius 2 is 1.73 bits per heavy atom. The van der Waals surface area contributed by atoms with Crippen LogP contribution in [0.15, 0.2) is 34.1 Å². The van der Waals surface area contributed by atoms with Crippen LogP contribution in [0, 0.1) is 5.92 Å². The lowest BCUT2D eigenvalue weighted by Gasteiger charge is -2.34. The predicted molar refractivity (Wildman–Crippen MR) is 97.9 cm³/mol. The molecule has 0 bridgehead atoms. The Hall–Kier alpha value is -1.86. The summed E-state index contributed by atoms with van der Waals surface area (Å²) in [6.07, 6.45) is 2.01. The molecule has 4 rings (SSSR count). The fraction of sp³-hybridized carbons (Fsp3) is 0.526. The van der Waals surface area contributed by atoms with Gasteiger partial charge in [0.1, 0.15) is 0 Å². The van der Waals surface area contributed by atoms with Gasteiger partial charge in [-0.2, -0.15) is 0 Å². The number of likely N-dealkylation sites (tertiary alicyclic amines) is 1. The van der Waals surface area contributed by atoms with E-state index in [1.54, 1.807) is 17.0 Å². The van der Waals surface area contributed by atoms with Gasteiger partial charge in [0.15, 0.2) is 4.91 Å². The van der Waals surface area contributed by atoms with Gasteiger partial charge in [-0.25, -0.2) is 8.42 Å². The maximum absolute atomic E-state index is 13.2. The third kappa shape index (κ3) is 2.83. The van der Waals surface area contributed by atoms with Crippen LogP contribution in [-0.4, -0.2) is 63.5 Å². The first-order valence-corrected chi connectivity index (χ1v) is 10.7. The van der Waals surface area contributed by atoms with Gasteiger partial charge in [-0.1, -0.05) is 25.1 Å². The summed E-state index contributed by atoms with van der Waals surface area (Å²) in [6, 6.07) is 6.98. The summed E-state index contributed by atoms with van der Waals surface area (Å²) < 4.78 is 31.8. The van der Waals surface area contributed by atoms with Gasteiger partial charge in [0, 0.05) is 31.7 Å². The van der Waals surface area contributed by atoms with Crippen LogP contribution in [0.5, 0.6) is 0 Å². The van der Waals surface area contributed by atoms with Gasteiger partial charge in [0.2, 0.25) is 9.84 Å². The molecule has 0 saturated carbocycles. The van der Waals surface area contributed by atoms with E-state index in [0.717, 1.165) is 25.9 Å². The number of sulfone groups is 1. The predicted octanol–water partition coefficient (Wildman–Crippen LogP) is 1.73. The zero-order chi connectivity index (χ0) is 18.3. The van der Waals surface area contributed by atoms with Gasteiger partial charge in [-0.3, -0.25) is 4.79 Å². The molecule has 2 saturated heterocycles. The smallest absolute Gasteiger partial charge is 0.268 e. The van der Waals surface area contributed by atoms with Gasteiger partial charge in [-0.05, 0) is 24.8 Å². The number of hydrogen-bond acceptors (Lipinski definition) is 5. The lowest BCUT2D eigenvalue weighted by Crippen LogP contribution is -2.43. The zero-order valence-electron chi connectivity index (χ0n) is 15.0. The van der Waals surface area contributed by atoms with Crippen molar-refractivity contribution in [2.45, 2.75) is 24.7 Å². The monoisotopic (exact) mass is 376 g/mol. The van der Waals surface area contributed by atoms with E-state index in [4.69, 9.17) is 4.74 Å². The van der Waals surface area contributed by atoms with Crippen molar-refractivity contribution in [3.05, 3.63) is 34.7 Å². The molecule has 0 unspecified atom stereocenters. The quantitative estimate of drug-likeness (QED) is 0.786. The van der Waals surface area contributed by atoms with E-state index >= 15 is 0 Å². The van der Waals surface area contributed by atoms with E-state index in [-0.39, 0.29) is 9.80 Å². The third-order valence-electron chi connectivity index (χ3n) is 5.51. The number of benzene rings is 1. The first-order valence-electron chi connectivity index (χ1n) is 9.21. The summed E-state index contributed by atoms with van der Waals surface area (Å²) in [6.45, 7) is 5.52. The number of carbonyl (C=O) groups is 1. The van der Waals surface area contributed by atoms with Gasteiger partial charge in [0.25, 0.3) is 5.91 Å². The van der Waals surface area contributed by atoms with Crippen LogP contribution in [0.2, 0.25) is 0 Å². The van der Waals surface area contributed by atoms with Crippen LogP contribution in [0.3, 0.4) is 0 Å². The van der Waals surface area contributed by atoms with Gasteiger partial charge in [0.05, 0.1) is 23.8 Å². The Bertz CT molecular complexity index is 848. The number of ether oxygens (including phenoxy) is 1. The molecule has 3 aliphatic rings. The van der Waals surface area contributed by atoms with E-state index in [9.17, 15) is 13.2 Å². The van der Waals surface area contributed by atoms with Crippen molar-refractivity contribution in [3.8, 4) is 0 Å². The molecule has 0 atom stereocenters. The minimum atomic E-state index is -3.80. The summed E-state index contributed by atoms with van der Waals surface area (Å²) >= 11 is 0. The van der Waals surface area contributed by atoms with E-state index in [1.165, 1.54) is 0 Å². The van der Waals surface area contributed by atoms with Crippen molar-refractivity contribution in [3.63, 3.8) is 0 Å². The van der Waals surface area contributed by atoms with Crippen molar-refractivity contribution in [1.82, 2.24) is 9.80 Å². The topological polar surface area (TPSA) is 66.9 Å². The van der Waals surface area contributed by atoms with Crippen molar-refractivity contribution in [2.75, 3.05) is 39.4 Å². The Kier molecular flexibility index (Phi) is 4.52. The first-order chi connectivity index (χ1) is 12.5. The molecule has 0 spiro atoms. The Morgan fingerprint density at radius 3 is 2.42 bits per heavy atom. The van der Waals surface area contributed by atoms with E-state index in [1.807, 2.05) is 12.1 Å². The zero-order valence-corrected chi connectivity index (χ0v) is 15.8. The SMILES string of the molecule is CC1CCN(C2=C(C(=O)N3CCOCC3)S(=O)(=O)c3ccccc32)CC1. The molecule has 0 aliphatic carbocycles. The fourth-order valence-electron chi connectivity index (χ4n) is 3.93. The molecule has 3 aliphatic heterocycles. The highest BCUT2D eigenvalue weighted by Crippen LogP contribution is 2.42. The molecular weight excluding hydrogens is 352 g/mol. The van der Waals surface area contributed by atoms with Crippen LogP contribution in [0.25, 0.3) is 5.70 Å². The highest BCUT2D eigenvalue weighted by Gasteiger charge is 2.43. The summed E-state index contributed by atoms with van der Waals surface area (Å²) in [5, 5.41) is 0. The van der Waals surface area contributed by atoms with Gasteiger partial charge in [-0.15, -0.1) is 0 Å². The first kappa shape index (κ1) is 17.5. The van der Waals surface area contributed by atoms with E-state index < -0.39 is 15.7 Å². The van der Waals surface area contributed by atoms with Gasteiger partial charge >= 0.3 is 0 Å². The van der Waals surface area contributed by atoms with Crippen LogP contribution in [0.1, 0.15) is 25.3 Å². The molecule has 7 heteroatoms. The largest absolute Gasteiger partial charge is 0.378 e. The van der Waals surface area contributed by atoms with Crippen molar-refractivity contribution in [1.29, 1.82) is 0 Å². The molecule has 140 valence electrons. The Balaban J connectivity index is 1.82.